The zero-order valence-electron chi connectivity index (χ0n) is 6.25. The predicted molar refractivity (Wildman–Crippen MR) is 37.4 cm³/mol. The average Bonchev–Trinajstić information content (AvgIpc) is 1.88. The Morgan fingerprint density at radius 2 is 2.60 bits per heavy atom. The van der Waals surface area contributed by atoms with Crippen LogP contribution in [0.1, 0.15) is 0 Å². The van der Waals surface area contributed by atoms with Gasteiger partial charge < -0.3 is 14.5 Å². The second kappa shape index (κ2) is 3.88. The number of nitrogens with two attached hydrogens (primary N) is 1. The molecule has 1 saturated heterocycles. The second-order valence-electron chi connectivity index (χ2n) is 2.59. The lowest BCUT2D eigenvalue weighted by atomic mass is 10.3. The van der Waals surface area contributed by atoms with Gasteiger partial charge in [-0.2, -0.15) is 0 Å². The van der Waals surface area contributed by atoms with Gasteiger partial charge in [0.25, 0.3) is 0 Å². The highest BCUT2D eigenvalue weighted by molar-refractivity contribution is 4.67. The fraction of sp³-hybridized carbons (Fsp3) is 1.00. The summed E-state index contributed by atoms with van der Waals surface area (Å²) in [6, 6.07) is 0. The molecule has 0 radical (unpaired) electrons. The van der Waals surface area contributed by atoms with Crippen LogP contribution < -0.4 is 5.90 Å². The minimum atomic E-state index is 0.156. The topological polar surface area (TPSA) is 47.7 Å². The zero-order chi connectivity index (χ0) is 7.40. The van der Waals surface area contributed by atoms with Crippen molar-refractivity contribution in [3.8, 4) is 0 Å². The van der Waals surface area contributed by atoms with Crippen molar-refractivity contribution < 1.29 is 9.57 Å². The summed E-state index contributed by atoms with van der Waals surface area (Å²) < 4.78 is 5.34. The van der Waals surface area contributed by atoms with Crippen LogP contribution in [0.5, 0.6) is 0 Å². The SMILES string of the molecule is CN1CCO[C@H](CON)C1. The van der Waals surface area contributed by atoms with Gasteiger partial charge >= 0.3 is 0 Å². The van der Waals surface area contributed by atoms with Gasteiger partial charge in [0.2, 0.25) is 0 Å². The Morgan fingerprint density at radius 3 is 3.20 bits per heavy atom. The molecule has 2 N–H and O–H groups in total. The first-order valence-electron chi connectivity index (χ1n) is 3.44. The molecule has 1 aliphatic rings. The highest BCUT2D eigenvalue weighted by Crippen LogP contribution is 2.01. The number of hydrogen-bond acceptors (Lipinski definition) is 4. The number of rotatable bonds is 2. The van der Waals surface area contributed by atoms with Crippen molar-refractivity contribution in [2.24, 2.45) is 5.90 Å². The smallest absolute Gasteiger partial charge is 0.0955 e. The number of ether oxygens (including phenoxy) is 1. The van der Waals surface area contributed by atoms with Crippen LogP contribution in [0.2, 0.25) is 0 Å². The molecule has 1 rings (SSSR count). The van der Waals surface area contributed by atoms with Crippen LogP contribution in [0.3, 0.4) is 0 Å². The molecule has 0 unspecified atom stereocenters. The third-order valence-electron chi connectivity index (χ3n) is 1.62. The molecular formula is C6H14N2O2. The third kappa shape index (κ3) is 2.22. The van der Waals surface area contributed by atoms with Gasteiger partial charge in [0.15, 0.2) is 0 Å². The van der Waals surface area contributed by atoms with E-state index in [2.05, 4.69) is 16.8 Å². The highest BCUT2D eigenvalue weighted by atomic mass is 16.6. The lowest BCUT2D eigenvalue weighted by molar-refractivity contribution is -0.0637. The molecule has 4 heteroatoms. The Morgan fingerprint density at radius 1 is 1.80 bits per heavy atom. The van der Waals surface area contributed by atoms with E-state index < -0.39 is 0 Å². The van der Waals surface area contributed by atoms with E-state index in [0.717, 1.165) is 19.7 Å². The lowest BCUT2D eigenvalue weighted by Gasteiger charge is -2.29. The molecule has 0 aromatic heterocycles. The van der Waals surface area contributed by atoms with Crippen LogP contribution in [0, 0.1) is 0 Å². The molecule has 1 fully saturated rings. The summed E-state index contributed by atoms with van der Waals surface area (Å²) in [5, 5.41) is 0. The van der Waals surface area contributed by atoms with Crippen LogP contribution in [-0.2, 0) is 9.57 Å². The van der Waals surface area contributed by atoms with Crippen molar-refractivity contribution in [1.29, 1.82) is 0 Å². The minimum absolute atomic E-state index is 0.156. The quantitative estimate of drug-likeness (QED) is 0.518. The number of morpholine rings is 1. The van der Waals surface area contributed by atoms with E-state index in [4.69, 9.17) is 10.6 Å². The molecule has 0 aromatic rings. The van der Waals surface area contributed by atoms with Gasteiger partial charge in [-0.15, -0.1) is 0 Å². The molecule has 0 spiro atoms. The van der Waals surface area contributed by atoms with E-state index >= 15 is 0 Å². The van der Waals surface area contributed by atoms with Gasteiger partial charge in [-0.25, -0.2) is 5.90 Å². The molecule has 60 valence electrons. The number of hydrogen-bond donors (Lipinski definition) is 1. The number of likely N-dealkylation sites (N-methyl/N-ethyl adjacent to an activating group) is 1. The van der Waals surface area contributed by atoms with Crippen LogP contribution in [0.25, 0.3) is 0 Å². The van der Waals surface area contributed by atoms with Crippen LogP contribution in [0.4, 0.5) is 0 Å². The van der Waals surface area contributed by atoms with Crippen molar-refractivity contribution in [3.05, 3.63) is 0 Å². The standard InChI is InChI=1S/C6H14N2O2/c1-8-2-3-9-6(4-8)5-10-7/h6H,2-5,7H2,1H3/t6-/m0/s1. The van der Waals surface area contributed by atoms with E-state index in [1.807, 2.05) is 0 Å². The van der Waals surface area contributed by atoms with Crippen molar-refractivity contribution in [2.75, 3.05) is 33.4 Å². The Balaban J connectivity index is 2.18. The summed E-state index contributed by atoms with van der Waals surface area (Å²) in [6.07, 6.45) is 0.156. The van der Waals surface area contributed by atoms with E-state index in [-0.39, 0.29) is 6.10 Å². The van der Waals surface area contributed by atoms with Gasteiger partial charge in [0.1, 0.15) is 0 Å². The first kappa shape index (κ1) is 7.94. The average molecular weight is 146 g/mol. The fourth-order valence-electron chi connectivity index (χ4n) is 1.07. The van der Waals surface area contributed by atoms with Gasteiger partial charge in [0, 0.05) is 13.1 Å². The zero-order valence-corrected chi connectivity index (χ0v) is 6.25. The maximum atomic E-state index is 5.34. The van der Waals surface area contributed by atoms with Gasteiger partial charge in [-0.05, 0) is 7.05 Å². The van der Waals surface area contributed by atoms with Gasteiger partial charge in [0.05, 0.1) is 19.3 Å². The molecule has 1 aliphatic heterocycles. The predicted octanol–water partition coefficient (Wildman–Crippen LogP) is -0.793. The highest BCUT2D eigenvalue weighted by Gasteiger charge is 2.16. The molecule has 1 heterocycles. The summed E-state index contributed by atoms with van der Waals surface area (Å²) >= 11 is 0. The minimum Gasteiger partial charge on any atom is -0.373 e. The third-order valence-corrected chi connectivity index (χ3v) is 1.62. The molecule has 0 aliphatic carbocycles. The lowest BCUT2D eigenvalue weighted by Crippen LogP contribution is -2.42. The Kier molecular flexibility index (Phi) is 3.08. The first-order valence-corrected chi connectivity index (χ1v) is 3.44. The molecule has 0 bridgehead atoms. The van der Waals surface area contributed by atoms with Crippen molar-refractivity contribution in [2.45, 2.75) is 6.10 Å². The largest absolute Gasteiger partial charge is 0.373 e. The molecule has 0 saturated carbocycles. The van der Waals surface area contributed by atoms with E-state index in [1.165, 1.54) is 0 Å². The van der Waals surface area contributed by atoms with Crippen LogP contribution >= 0.6 is 0 Å². The molecular weight excluding hydrogens is 132 g/mol. The van der Waals surface area contributed by atoms with Crippen LogP contribution in [0.15, 0.2) is 0 Å². The second-order valence-corrected chi connectivity index (χ2v) is 2.59. The maximum absolute atomic E-state index is 5.34. The molecule has 10 heavy (non-hydrogen) atoms. The van der Waals surface area contributed by atoms with Crippen molar-refractivity contribution >= 4 is 0 Å². The summed E-state index contributed by atoms with van der Waals surface area (Å²) in [7, 11) is 2.06. The first-order chi connectivity index (χ1) is 4.83. The fourth-order valence-corrected chi connectivity index (χ4v) is 1.07. The molecule has 1 atom stereocenters. The van der Waals surface area contributed by atoms with E-state index in [0.29, 0.717) is 6.61 Å². The summed E-state index contributed by atoms with van der Waals surface area (Å²) in [5.41, 5.74) is 0. The van der Waals surface area contributed by atoms with E-state index in [9.17, 15) is 0 Å². The summed E-state index contributed by atoms with van der Waals surface area (Å²) in [6.45, 7) is 3.19. The summed E-state index contributed by atoms with van der Waals surface area (Å²) in [5.74, 6) is 4.91. The summed E-state index contributed by atoms with van der Waals surface area (Å²) in [4.78, 5) is 6.68. The van der Waals surface area contributed by atoms with Crippen molar-refractivity contribution in [1.82, 2.24) is 4.90 Å². The van der Waals surface area contributed by atoms with Crippen molar-refractivity contribution in [3.63, 3.8) is 0 Å². The Labute approximate surface area is 60.8 Å². The maximum Gasteiger partial charge on any atom is 0.0955 e. The van der Waals surface area contributed by atoms with Gasteiger partial charge in [-0.3, -0.25) is 0 Å². The van der Waals surface area contributed by atoms with Gasteiger partial charge in [-0.1, -0.05) is 0 Å². The molecule has 4 nitrogen and oxygen atoms in total. The van der Waals surface area contributed by atoms with Crippen LogP contribution in [-0.4, -0.2) is 44.4 Å². The Bertz CT molecular complexity index is 97.7. The molecule has 0 amide bonds. The normalized spacial score (nSPS) is 28.8. The number of nitrogens with zero attached hydrogens (tertiary/aromatic N) is 1. The Hall–Kier alpha value is -0.160. The molecule has 0 aromatic carbocycles. The monoisotopic (exact) mass is 146 g/mol. The van der Waals surface area contributed by atoms with E-state index in [1.54, 1.807) is 0 Å².